The second-order valence-electron chi connectivity index (χ2n) is 5.59. The molecule has 3 heterocycles. The van der Waals surface area contributed by atoms with Gasteiger partial charge in [0, 0.05) is 12.4 Å². The largest absolute Gasteiger partial charge is 0.461 e. The average Bonchev–Trinajstić information content (AvgIpc) is 3.39. The summed E-state index contributed by atoms with van der Waals surface area (Å²) in [5.74, 6) is 1.09. The fraction of sp³-hybridized carbons (Fsp3) is 0.111. The molecule has 0 spiro atoms. The first-order valence-electron chi connectivity index (χ1n) is 7.95. The lowest BCUT2D eigenvalue weighted by Crippen LogP contribution is -2.15. The zero-order valence-electron chi connectivity index (χ0n) is 14.2. The summed E-state index contributed by atoms with van der Waals surface area (Å²) in [5.41, 5.74) is 0.932. The van der Waals surface area contributed by atoms with E-state index >= 15 is 0 Å². The SMILES string of the molecule is Cn1c(SCC(=O)Nc2c(C#N)oc3ccccc23)nnc1-c1ccco1. The van der Waals surface area contributed by atoms with Gasteiger partial charge in [0.1, 0.15) is 17.3 Å². The number of nitriles is 1. The van der Waals surface area contributed by atoms with Gasteiger partial charge in [-0.1, -0.05) is 23.9 Å². The molecule has 8 nitrogen and oxygen atoms in total. The summed E-state index contributed by atoms with van der Waals surface area (Å²) in [6, 6.07) is 12.7. The quantitative estimate of drug-likeness (QED) is 0.529. The predicted octanol–water partition coefficient (Wildman–Crippen LogP) is 3.42. The second-order valence-corrected chi connectivity index (χ2v) is 6.54. The number of aromatic nitrogens is 3. The van der Waals surface area contributed by atoms with Crippen molar-refractivity contribution in [3.63, 3.8) is 0 Å². The molecule has 1 N–H and O–H groups in total. The van der Waals surface area contributed by atoms with Crippen LogP contribution in [0.15, 0.2) is 56.7 Å². The Morgan fingerprint density at radius 3 is 2.93 bits per heavy atom. The predicted molar refractivity (Wildman–Crippen MR) is 99.0 cm³/mol. The number of benzene rings is 1. The van der Waals surface area contributed by atoms with Crippen molar-refractivity contribution < 1.29 is 13.6 Å². The van der Waals surface area contributed by atoms with Gasteiger partial charge in [0.25, 0.3) is 0 Å². The monoisotopic (exact) mass is 379 g/mol. The fourth-order valence-corrected chi connectivity index (χ4v) is 3.33. The molecule has 4 aromatic rings. The highest BCUT2D eigenvalue weighted by Gasteiger charge is 2.18. The topological polar surface area (TPSA) is 110 Å². The molecular weight excluding hydrogens is 366 g/mol. The lowest BCUT2D eigenvalue weighted by Gasteiger charge is -2.04. The van der Waals surface area contributed by atoms with Crippen LogP contribution >= 0.6 is 11.8 Å². The van der Waals surface area contributed by atoms with E-state index in [0.717, 1.165) is 0 Å². The zero-order valence-corrected chi connectivity index (χ0v) is 15.0. The van der Waals surface area contributed by atoms with Crippen LogP contribution in [-0.4, -0.2) is 26.4 Å². The number of rotatable bonds is 5. The highest BCUT2D eigenvalue weighted by Crippen LogP contribution is 2.30. The summed E-state index contributed by atoms with van der Waals surface area (Å²) in [7, 11) is 1.80. The Morgan fingerprint density at radius 1 is 1.30 bits per heavy atom. The van der Waals surface area contributed by atoms with Crippen molar-refractivity contribution in [2.24, 2.45) is 7.05 Å². The van der Waals surface area contributed by atoms with E-state index in [9.17, 15) is 10.1 Å². The molecule has 134 valence electrons. The summed E-state index contributed by atoms with van der Waals surface area (Å²) in [4.78, 5) is 12.4. The van der Waals surface area contributed by atoms with Crippen LogP contribution in [0.2, 0.25) is 0 Å². The first-order valence-corrected chi connectivity index (χ1v) is 8.93. The third-order valence-electron chi connectivity index (χ3n) is 3.87. The molecule has 0 radical (unpaired) electrons. The van der Waals surface area contributed by atoms with Crippen LogP contribution in [0, 0.1) is 11.3 Å². The molecule has 4 rings (SSSR count). The number of carbonyl (C=O) groups excluding carboxylic acids is 1. The first kappa shape index (κ1) is 16.9. The minimum Gasteiger partial charge on any atom is -0.461 e. The molecule has 1 aromatic carbocycles. The highest BCUT2D eigenvalue weighted by atomic mass is 32.2. The van der Waals surface area contributed by atoms with E-state index in [1.165, 1.54) is 11.8 Å². The molecule has 9 heteroatoms. The normalized spacial score (nSPS) is 10.8. The maximum absolute atomic E-state index is 12.4. The number of para-hydroxylation sites is 1. The van der Waals surface area contributed by atoms with Crippen LogP contribution in [0.25, 0.3) is 22.6 Å². The van der Waals surface area contributed by atoms with Crippen molar-refractivity contribution in [3.05, 3.63) is 48.4 Å². The van der Waals surface area contributed by atoms with Crippen molar-refractivity contribution in [1.82, 2.24) is 14.8 Å². The lowest BCUT2D eigenvalue weighted by molar-refractivity contribution is -0.113. The number of furan rings is 2. The number of anilines is 1. The van der Waals surface area contributed by atoms with Crippen LogP contribution in [0.5, 0.6) is 0 Å². The summed E-state index contributed by atoms with van der Waals surface area (Å²) in [6.45, 7) is 0. The Labute approximate surface area is 157 Å². The summed E-state index contributed by atoms with van der Waals surface area (Å²) in [5, 5.41) is 21.4. The van der Waals surface area contributed by atoms with E-state index in [1.807, 2.05) is 12.1 Å². The summed E-state index contributed by atoms with van der Waals surface area (Å²) < 4.78 is 12.5. The summed E-state index contributed by atoms with van der Waals surface area (Å²) >= 11 is 1.24. The molecule has 0 aliphatic carbocycles. The van der Waals surface area contributed by atoms with E-state index < -0.39 is 0 Å². The van der Waals surface area contributed by atoms with Crippen molar-refractivity contribution in [2.75, 3.05) is 11.1 Å². The minimum atomic E-state index is -0.273. The van der Waals surface area contributed by atoms with Crippen LogP contribution in [0.4, 0.5) is 5.69 Å². The molecular formula is C18H13N5O3S. The van der Waals surface area contributed by atoms with Gasteiger partial charge in [0.2, 0.25) is 11.7 Å². The molecule has 0 aliphatic rings. The maximum Gasteiger partial charge on any atom is 0.234 e. The Morgan fingerprint density at radius 2 is 2.15 bits per heavy atom. The number of hydrogen-bond acceptors (Lipinski definition) is 7. The molecule has 0 aliphatic heterocycles. The van der Waals surface area contributed by atoms with Gasteiger partial charge in [0.15, 0.2) is 16.7 Å². The van der Waals surface area contributed by atoms with E-state index in [2.05, 4.69) is 15.5 Å². The number of thioether (sulfide) groups is 1. The van der Waals surface area contributed by atoms with Gasteiger partial charge < -0.3 is 18.7 Å². The third-order valence-corrected chi connectivity index (χ3v) is 4.89. The van der Waals surface area contributed by atoms with Gasteiger partial charge >= 0.3 is 0 Å². The first-order chi connectivity index (χ1) is 13.2. The van der Waals surface area contributed by atoms with Crippen LogP contribution in [0.1, 0.15) is 5.76 Å². The van der Waals surface area contributed by atoms with Gasteiger partial charge in [-0.25, -0.2) is 0 Å². The number of carbonyl (C=O) groups is 1. The molecule has 27 heavy (non-hydrogen) atoms. The van der Waals surface area contributed by atoms with E-state index in [-0.39, 0.29) is 17.4 Å². The van der Waals surface area contributed by atoms with Crippen LogP contribution in [-0.2, 0) is 11.8 Å². The smallest absolute Gasteiger partial charge is 0.234 e. The number of fused-ring (bicyclic) bond motifs is 1. The van der Waals surface area contributed by atoms with E-state index in [0.29, 0.717) is 33.4 Å². The molecule has 0 fully saturated rings. The lowest BCUT2D eigenvalue weighted by atomic mass is 10.2. The number of hydrogen-bond donors (Lipinski definition) is 1. The molecule has 1 amide bonds. The van der Waals surface area contributed by atoms with E-state index in [4.69, 9.17) is 8.83 Å². The van der Waals surface area contributed by atoms with Crippen molar-refractivity contribution >= 4 is 34.3 Å². The second kappa shape index (κ2) is 7.01. The number of nitrogens with one attached hydrogen (secondary N) is 1. The Hall–Kier alpha value is -3.51. The van der Waals surface area contributed by atoms with Crippen LogP contribution in [0.3, 0.4) is 0 Å². The van der Waals surface area contributed by atoms with Gasteiger partial charge in [-0.15, -0.1) is 10.2 Å². The molecule has 0 unspecified atom stereocenters. The van der Waals surface area contributed by atoms with Crippen LogP contribution < -0.4 is 5.32 Å². The Bertz CT molecular complexity index is 1150. The number of nitrogens with zero attached hydrogens (tertiary/aromatic N) is 4. The van der Waals surface area contributed by atoms with Gasteiger partial charge in [-0.2, -0.15) is 5.26 Å². The van der Waals surface area contributed by atoms with Gasteiger partial charge in [0.05, 0.1) is 12.0 Å². The Balaban J connectivity index is 1.48. The molecule has 0 atom stereocenters. The van der Waals surface area contributed by atoms with Crippen molar-refractivity contribution in [2.45, 2.75) is 5.16 Å². The fourth-order valence-electron chi connectivity index (χ4n) is 2.61. The average molecular weight is 379 g/mol. The van der Waals surface area contributed by atoms with Gasteiger partial charge in [-0.3, -0.25) is 4.79 Å². The van der Waals surface area contributed by atoms with Gasteiger partial charge in [-0.05, 0) is 24.3 Å². The van der Waals surface area contributed by atoms with Crippen molar-refractivity contribution in [1.29, 1.82) is 5.26 Å². The molecule has 0 saturated heterocycles. The molecule has 3 aromatic heterocycles. The standard InChI is InChI=1S/C18H13N5O3S/c1-23-17(13-7-4-8-25-13)21-22-18(23)27-10-15(24)20-16-11-5-2-3-6-12(11)26-14(16)9-19/h2-8H,10H2,1H3,(H,20,24). The molecule has 0 saturated carbocycles. The Kier molecular flexibility index (Phi) is 4.40. The number of amides is 1. The van der Waals surface area contributed by atoms with E-state index in [1.54, 1.807) is 48.2 Å². The molecule has 0 bridgehead atoms. The highest BCUT2D eigenvalue weighted by molar-refractivity contribution is 7.99. The minimum absolute atomic E-state index is 0.0771. The maximum atomic E-state index is 12.4. The van der Waals surface area contributed by atoms with Crippen molar-refractivity contribution in [3.8, 4) is 17.7 Å². The third kappa shape index (κ3) is 3.18. The zero-order chi connectivity index (χ0) is 18.8. The summed E-state index contributed by atoms with van der Waals surface area (Å²) in [6.07, 6.45) is 1.56.